The monoisotopic (exact) mass is 472 g/mol. The van der Waals surface area contributed by atoms with Gasteiger partial charge in [0, 0.05) is 18.9 Å². The third-order valence-electron chi connectivity index (χ3n) is 5.75. The molecule has 1 fully saturated rings. The minimum Gasteiger partial charge on any atom is -0.482 e. The number of fused-ring (bicyclic) bond motifs is 3. The third kappa shape index (κ3) is 5.73. The van der Waals surface area contributed by atoms with Crippen LogP contribution in [0.4, 0.5) is 0 Å². The van der Waals surface area contributed by atoms with Crippen molar-refractivity contribution in [1.29, 1.82) is 0 Å². The van der Waals surface area contributed by atoms with E-state index < -0.39 is 17.6 Å². The molecule has 0 radical (unpaired) electrons. The van der Waals surface area contributed by atoms with Gasteiger partial charge in [0.25, 0.3) is 0 Å². The number of pyridine rings is 1. The summed E-state index contributed by atoms with van der Waals surface area (Å²) in [4.78, 5) is 42.3. The van der Waals surface area contributed by atoms with Gasteiger partial charge in [-0.1, -0.05) is 32.0 Å². The number of esters is 1. The molecule has 8 heteroatoms. The van der Waals surface area contributed by atoms with Gasteiger partial charge in [-0.15, -0.1) is 0 Å². The summed E-state index contributed by atoms with van der Waals surface area (Å²) >= 11 is 0. The Kier molecular flexibility index (Phi) is 8.78. The summed E-state index contributed by atoms with van der Waals surface area (Å²) < 4.78 is 16.0. The van der Waals surface area contributed by atoms with E-state index in [9.17, 15) is 14.4 Å². The van der Waals surface area contributed by atoms with Crippen LogP contribution >= 0.6 is 0 Å². The molecule has 0 bridgehead atoms. The molecule has 1 amide bonds. The van der Waals surface area contributed by atoms with E-state index in [4.69, 9.17) is 14.2 Å². The predicted octanol–water partition coefficient (Wildman–Crippen LogP) is 4.11. The second kappa shape index (κ2) is 11.0. The average Bonchev–Trinajstić information content (AvgIpc) is 3.17. The van der Waals surface area contributed by atoms with E-state index in [0.29, 0.717) is 23.4 Å². The summed E-state index contributed by atoms with van der Waals surface area (Å²) in [6, 6.07) is 6.69. The Morgan fingerprint density at radius 2 is 1.85 bits per heavy atom. The predicted molar refractivity (Wildman–Crippen MR) is 130 cm³/mol. The highest BCUT2D eigenvalue weighted by Gasteiger charge is 2.53. The lowest BCUT2D eigenvalue weighted by atomic mass is 9.86. The summed E-state index contributed by atoms with van der Waals surface area (Å²) in [5.41, 5.74) is 0.992. The number of aromatic nitrogens is 1. The van der Waals surface area contributed by atoms with Crippen LogP contribution in [0.5, 0.6) is 5.75 Å². The maximum Gasteiger partial charge on any atom is 0.328 e. The molecule has 2 atom stereocenters. The molecule has 1 aromatic heterocycles. The van der Waals surface area contributed by atoms with Crippen molar-refractivity contribution >= 4 is 29.1 Å². The third-order valence-corrected chi connectivity index (χ3v) is 5.75. The zero-order valence-electron chi connectivity index (χ0n) is 21.4. The molecule has 34 heavy (non-hydrogen) atoms. The van der Waals surface area contributed by atoms with Crippen molar-refractivity contribution in [2.24, 2.45) is 0 Å². The van der Waals surface area contributed by atoms with E-state index in [1.807, 2.05) is 58.9 Å². The molecule has 4 rings (SSSR count). The number of para-hydroxylation sites is 1. The summed E-state index contributed by atoms with van der Waals surface area (Å²) in [5, 5.41) is 0.753. The van der Waals surface area contributed by atoms with Gasteiger partial charge in [-0.05, 0) is 33.8 Å². The quantitative estimate of drug-likeness (QED) is 0.479. The van der Waals surface area contributed by atoms with Gasteiger partial charge >= 0.3 is 5.97 Å². The zero-order valence-corrected chi connectivity index (χ0v) is 21.4. The van der Waals surface area contributed by atoms with Gasteiger partial charge in [0.2, 0.25) is 6.41 Å². The van der Waals surface area contributed by atoms with E-state index in [0.717, 1.165) is 10.9 Å². The van der Waals surface area contributed by atoms with Crippen LogP contribution in [0.15, 0.2) is 24.3 Å². The Morgan fingerprint density at radius 1 is 1.24 bits per heavy atom. The molecule has 8 nitrogen and oxygen atoms in total. The topological polar surface area (TPSA) is 95.0 Å². The number of aryl methyl sites for hydroxylation is 1. The number of benzene rings is 1. The number of hydrogen-bond acceptors (Lipinski definition) is 7. The minimum atomic E-state index is -0.932. The minimum absolute atomic E-state index is 0.0417. The first-order valence-corrected chi connectivity index (χ1v) is 11.5. The van der Waals surface area contributed by atoms with E-state index >= 15 is 0 Å². The van der Waals surface area contributed by atoms with Crippen LogP contribution in [0.25, 0.3) is 10.9 Å². The zero-order chi connectivity index (χ0) is 25.7. The highest BCUT2D eigenvalue weighted by Crippen LogP contribution is 2.44. The Balaban J connectivity index is 0.000000447. The largest absolute Gasteiger partial charge is 0.482 e. The van der Waals surface area contributed by atoms with E-state index in [1.54, 1.807) is 14.0 Å². The van der Waals surface area contributed by atoms with Crippen LogP contribution in [0, 0.1) is 6.92 Å². The highest BCUT2D eigenvalue weighted by atomic mass is 16.5. The molecule has 2 aliphatic rings. The molecule has 0 N–H and O–H groups in total. The number of Topliss-reactive ketones (excluding diaryl/α,β-unsaturated/α-hetero) is 1. The summed E-state index contributed by atoms with van der Waals surface area (Å²) in [7, 11) is 2.98. The summed E-state index contributed by atoms with van der Waals surface area (Å²) in [6.07, 6.45) is 0.923. The molecule has 0 aliphatic carbocycles. The van der Waals surface area contributed by atoms with Crippen molar-refractivity contribution in [3.63, 3.8) is 0 Å². The lowest BCUT2D eigenvalue weighted by molar-refractivity contribution is -0.148. The van der Waals surface area contributed by atoms with Crippen molar-refractivity contribution in [3.05, 3.63) is 35.5 Å². The van der Waals surface area contributed by atoms with Crippen LogP contribution in [-0.4, -0.2) is 66.1 Å². The molecular formula is C26H36N2O6. The van der Waals surface area contributed by atoms with Gasteiger partial charge in [0.1, 0.15) is 11.6 Å². The van der Waals surface area contributed by atoms with Gasteiger partial charge in [0.15, 0.2) is 11.5 Å². The van der Waals surface area contributed by atoms with Crippen molar-refractivity contribution in [1.82, 2.24) is 9.88 Å². The first kappa shape index (κ1) is 27.2. The van der Waals surface area contributed by atoms with Gasteiger partial charge < -0.3 is 19.1 Å². The van der Waals surface area contributed by atoms with Crippen LogP contribution in [0.1, 0.15) is 63.5 Å². The summed E-state index contributed by atoms with van der Waals surface area (Å²) in [5.74, 6) is -0.134. The first-order chi connectivity index (χ1) is 16.0. The van der Waals surface area contributed by atoms with Gasteiger partial charge in [-0.2, -0.15) is 0 Å². The molecule has 2 aromatic rings. The van der Waals surface area contributed by atoms with Crippen molar-refractivity contribution in [3.8, 4) is 5.75 Å². The van der Waals surface area contributed by atoms with Crippen molar-refractivity contribution < 1.29 is 28.6 Å². The molecule has 1 unspecified atom stereocenters. The number of ether oxygens (including phenoxy) is 3. The lowest BCUT2D eigenvalue weighted by Gasteiger charge is -2.35. The number of methoxy groups -OCH3 is 2. The van der Waals surface area contributed by atoms with E-state index in [1.165, 1.54) is 12.0 Å². The molecule has 1 spiro atoms. The number of ketones is 1. The van der Waals surface area contributed by atoms with E-state index in [2.05, 4.69) is 4.98 Å². The van der Waals surface area contributed by atoms with Crippen LogP contribution in [0.3, 0.4) is 0 Å². The second-order valence-corrected chi connectivity index (χ2v) is 9.14. The number of amides is 1. The fraction of sp³-hybridized carbons (Fsp3) is 0.538. The van der Waals surface area contributed by atoms with Crippen LogP contribution in [-0.2, 0) is 19.1 Å². The van der Waals surface area contributed by atoms with E-state index in [-0.39, 0.29) is 30.8 Å². The van der Waals surface area contributed by atoms with Crippen molar-refractivity contribution in [2.45, 2.75) is 71.6 Å². The number of rotatable bonds is 2. The summed E-state index contributed by atoms with van der Waals surface area (Å²) in [6.45, 7) is 12.0. The standard InChI is InChI=1S/C19H18N2O5.C5H12O.C2H6/c1-11-17-16(12-5-3-4-6-13(12)20-11)15(23)8-19(26-17)7-14(18(24)25-2)21(9-19)10-22;1-5(2,3)6-4;1-2/h3-6,10,14H,7-9H2,1-2H3;1-4H3;1-2H3/t14-,19?;;/m0../s1. The number of carbonyl (C=O) groups is 3. The fourth-order valence-electron chi connectivity index (χ4n) is 4.00. The fourth-order valence-corrected chi connectivity index (χ4v) is 4.00. The Bertz CT molecular complexity index is 1050. The molecule has 1 saturated heterocycles. The maximum absolute atomic E-state index is 13.0. The SMILES string of the molecule is CC.COC(=O)[C@@H]1CC2(CC(=O)c3c(c(C)nc4ccccc34)O2)CN1C=O.COC(C)(C)C. The number of nitrogens with zero attached hydrogens (tertiary/aromatic N) is 2. The Labute approximate surface area is 201 Å². The molecule has 186 valence electrons. The van der Waals surface area contributed by atoms with Gasteiger partial charge in [-0.25, -0.2) is 9.78 Å². The Morgan fingerprint density at radius 3 is 2.41 bits per heavy atom. The molecular weight excluding hydrogens is 436 g/mol. The average molecular weight is 473 g/mol. The van der Waals surface area contributed by atoms with Crippen LogP contribution in [0.2, 0.25) is 0 Å². The van der Waals surface area contributed by atoms with Crippen molar-refractivity contribution in [2.75, 3.05) is 20.8 Å². The number of hydrogen-bond donors (Lipinski definition) is 0. The molecule has 1 aromatic carbocycles. The molecule has 2 aliphatic heterocycles. The van der Waals surface area contributed by atoms with Gasteiger partial charge in [-0.3, -0.25) is 9.59 Å². The first-order valence-electron chi connectivity index (χ1n) is 11.5. The molecule has 0 saturated carbocycles. The van der Waals surface area contributed by atoms with Gasteiger partial charge in [0.05, 0.1) is 42.5 Å². The normalized spacial score (nSPS) is 21.0. The maximum atomic E-state index is 13.0. The molecule has 3 heterocycles. The number of carbonyl (C=O) groups excluding carboxylic acids is 3. The highest BCUT2D eigenvalue weighted by molar-refractivity contribution is 6.11. The number of likely N-dealkylation sites (tertiary alicyclic amines) is 1. The smallest absolute Gasteiger partial charge is 0.328 e. The lowest BCUT2D eigenvalue weighted by Crippen LogP contribution is -2.44. The Hall–Kier alpha value is -3.00. The van der Waals surface area contributed by atoms with Crippen LogP contribution < -0.4 is 4.74 Å². The second-order valence-electron chi connectivity index (χ2n) is 9.14.